The van der Waals surface area contributed by atoms with Crippen LogP contribution in [0.25, 0.3) is 0 Å². The van der Waals surface area contributed by atoms with Crippen LogP contribution in [0.2, 0.25) is 5.02 Å². The van der Waals surface area contributed by atoms with Crippen LogP contribution in [-0.4, -0.2) is 39.5 Å². The van der Waals surface area contributed by atoms with Crippen LogP contribution >= 0.6 is 41.7 Å². The van der Waals surface area contributed by atoms with E-state index in [4.69, 9.17) is 32.8 Å². The first-order chi connectivity index (χ1) is 12.7. The largest absolute Gasteiger partial charge is 0.452 e. The van der Waals surface area contributed by atoms with Crippen LogP contribution in [0.3, 0.4) is 0 Å². The van der Waals surface area contributed by atoms with Crippen molar-refractivity contribution in [2.45, 2.75) is 33.7 Å². The second-order valence-electron chi connectivity index (χ2n) is 5.54. The molecule has 0 aliphatic rings. The van der Waals surface area contributed by atoms with Crippen molar-refractivity contribution in [3.8, 4) is 5.75 Å². The van der Waals surface area contributed by atoms with Crippen LogP contribution in [0.1, 0.15) is 27.7 Å². The number of carbonyl (C=O) groups excluding carboxylic acids is 1. The van der Waals surface area contributed by atoms with Gasteiger partial charge in [0.25, 0.3) is 0 Å². The summed E-state index contributed by atoms with van der Waals surface area (Å²) in [6.45, 7) is 7.85. The van der Waals surface area contributed by atoms with Gasteiger partial charge in [-0.3, -0.25) is 4.84 Å². The average molecular weight is 470 g/mol. The molecule has 0 radical (unpaired) electrons. The van der Waals surface area contributed by atoms with Crippen LogP contribution in [-0.2, 0) is 16.6 Å². The van der Waals surface area contributed by atoms with Crippen LogP contribution in [0.15, 0.2) is 29.4 Å². The number of thioether (sulfide) groups is 1. The lowest BCUT2D eigenvalue weighted by molar-refractivity contribution is 0.153. The molecule has 11 heteroatoms. The van der Waals surface area contributed by atoms with E-state index in [1.165, 1.54) is 23.7 Å². The monoisotopic (exact) mass is 469 g/mol. The highest BCUT2D eigenvalue weighted by Gasteiger charge is 2.30. The Labute approximate surface area is 180 Å². The predicted octanol–water partition coefficient (Wildman–Crippen LogP) is 5.79. The Hall–Kier alpha value is -0.440. The van der Waals surface area contributed by atoms with Gasteiger partial charge < -0.3 is 9.84 Å². The normalized spacial score (nSPS) is 14.1. The van der Waals surface area contributed by atoms with Crippen molar-refractivity contribution < 1.29 is 14.2 Å². The third kappa shape index (κ3) is 8.62. The zero-order chi connectivity index (χ0) is 20.4. The number of hydrogen-bond acceptors (Lipinski definition) is 7. The minimum Gasteiger partial charge on any atom is -0.452 e. The lowest BCUT2D eigenvalue weighted by atomic mass is 10.3. The molecule has 0 aliphatic heterocycles. The molecule has 1 atom stereocenters. The zero-order valence-electron chi connectivity index (χ0n) is 16.0. The van der Waals surface area contributed by atoms with Crippen LogP contribution in [0, 0.1) is 0 Å². The lowest BCUT2D eigenvalue weighted by Gasteiger charge is -2.35. The quantitative estimate of drug-likeness (QED) is 0.0934. The Morgan fingerprint density at radius 3 is 2.56 bits per heavy atom. The van der Waals surface area contributed by atoms with Crippen molar-refractivity contribution in [1.82, 2.24) is 9.39 Å². The highest BCUT2D eigenvalue weighted by atomic mass is 35.5. The van der Waals surface area contributed by atoms with Gasteiger partial charge in [-0.05, 0) is 75.0 Å². The number of carbonyl (C=O) groups is 1. The van der Waals surface area contributed by atoms with E-state index in [0.29, 0.717) is 27.9 Å². The molecule has 6 nitrogen and oxygen atoms in total. The highest BCUT2D eigenvalue weighted by Crippen LogP contribution is 2.55. The zero-order valence-corrected chi connectivity index (χ0v) is 20.1. The van der Waals surface area contributed by atoms with E-state index in [1.54, 1.807) is 19.1 Å². The maximum Gasteiger partial charge on any atom is 0.434 e. The molecule has 1 aromatic carbocycles. The fourth-order valence-electron chi connectivity index (χ4n) is 1.83. The third-order valence-electron chi connectivity index (χ3n) is 3.17. The molecule has 27 heavy (non-hydrogen) atoms. The summed E-state index contributed by atoms with van der Waals surface area (Å²) in [5, 5.41) is 7.67. The summed E-state index contributed by atoms with van der Waals surface area (Å²) in [4.78, 5) is 16.5. The molecular formula is C16H25ClN3O3PS3. The van der Waals surface area contributed by atoms with Gasteiger partial charge in [0.15, 0.2) is 6.42 Å². The van der Waals surface area contributed by atoms with E-state index < -0.39 is 12.5 Å². The first-order valence-electron chi connectivity index (χ1n) is 8.22. The second-order valence-corrected chi connectivity index (χ2v) is 12.4. The molecule has 0 fully saturated rings. The van der Waals surface area contributed by atoms with E-state index >= 15 is 0 Å². The molecule has 1 amide bonds. The SMILES string of the molecule is CCP(=S)(Oc1ccc(Cl)cc1)N(SCNC(=O)O/N=C(\C)SC)C(C)C. The van der Waals surface area contributed by atoms with Gasteiger partial charge in [-0.15, -0.1) is 11.8 Å². The Kier molecular flexibility index (Phi) is 11.1. The van der Waals surface area contributed by atoms with E-state index in [0.717, 1.165) is 0 Å². The smallest absolute Gasteiger partial charge is 0.434 e. The van der Waals surface area contributed by atoms with Crippen LogP contribution in [0.5, 0.6) is 5.75 Å². The number of nitrogens with zero attached hydrogens (tertiary/aromatic N) is 2. The number of benzene rings is 1. The van der Waals surface area contributed by atoms with Crippen molar-refractivity contribution in [1.29, 1.82) is 0 Å². The van der Waals surface area contributed by atoms with Crippen molar-refractivity contribution in [3.63, 3.8) is 0 Å². The number of nitrogens with one attached hydrogen (secondary N) is 1. The van der Waals surface area contributed by atoms with Crippen LogP contribution in [0.4, 0.5) is 4.79 Å². The summed E-state index contributed by atoms with van der Waals surface area (Å²) in [6.07, 6.45) is -0.410. The molecule has 1 aromatic rings. The first-order valence-corrected chi connectivity index (χ1v) is 13.6. The standard InChI is InChI=1S/C16H25ClN3O3PS3/c1-6-24(25,23-15-9-7-14(17)8-10-15)20(12(2)3)27-11-18-16(21)22-19-13(4)26-5/h7-10,12H,6,11H2,1-5H3,(H,18,21)/b19-13+. The molecule has 0 aromatic heterocycles. The van der Waals surface area contributed by atoms with Gasteiger partial charge in [-0.25, -0.2) is 4.79 Å². The highest BCUT2D eigenvalue weighted by molar-refractivity contribution is 8.17. The molecular weight excluding hydrogens is 445 g/mol. The number of hydrogen-bond donors (Lipinski definition) is 1. The van der Waals surface area contributed by atoms with E-state index in [-0.39, 0.29) is 6.04 Å². The number of oxime groups is 1. The summed E-state index contributed by atoms with van der Waals surface area (Å²) in [7, 11) is 0. The molecule has 1 N–H and O–H groups in total. The number of amides is 1. The molecule has 1 rings (SSSR count). The van der Waals surface area contributed by atoms with Crippen molar-refractivity contribution in [2.75, 3.05) is 18.3 Å². The Morgan fingerprint density at radius 2 is 2.04 bits per heavy atom. The van der Waals surface area contributed by atoms with Gasteiger partial charge in [-0.1, -0.05) is 23.7 Å². The molecule has 152 valence electrons. The predicted molar refractivity (Wildman–Crippen MR) is 123 cm³/mol. The molecule has 1 unspecified atom stereocenters. The van der Waals surface area contributed by atoms with Crippen molar-refractivity contribution in [2.24, 2.45) is 5.16 Å². The maximum atomic E-state index is 11.7. The maximum absolute atomic E-state index is 11.7. The Balaban J connectivity index is 2.72. The molecule has 0 saturated heterocycles. The third-order valence-corrected chi connectivity index (χ3v) is 10.4. The molecule has 0 saturated carbocycles. The first kappa shape index (κ1) is 24.6. The molecule has 0 bridgehead atoms. The fraction of sp³-hybridized carbons (Fsp3) is 0.500. The Bertz CT molecular complexity index is 689. The topological polar surface area (TPSA) is 63.2 Å². The van der Waals surface area contributed by atoms with E-state index in [9.17, 15) is 4.79 Å². The van der Waals surface area contributed by atoms with E-state index in [2.05, 4.69) is 10.5 Å². The second kappa shape index (κ2) is 12.2. The van der Waals surface area contributed by atoms with Gasteiger partial charge in [0.1, 0.15) is 10.8 Å². The van der Waals surface area contributed by atoms with Gasteiger partial charge in [0.2, 0.25) is 0 Å². The van der Waals surface area contributed by atoms with Gasteiger partial charge >= 0.3 is 6.09 Å². The lowest BCUT2D eigenvalue weighted by Crippen LogP contribution is -2.29. The number of rotatable bonds is 9. The molecule has 0 spiro atoms. The van der Waals surface area contributed by atoms with E-state index in [1.807, 2.05) is 43.2 Å². The van der Waals surface area contributed by atoms with Gasteiger partial charge in [0, 0.05) is 17.2 Å². The Morgan fingerprint density at radius 1 is 1.41 bits per heavy atom. The van der Waals surface area contributed by atoms with Gasteiger partial charge in [0.05, 0.1) is 5.88 Å². The van der Waals surface area contributed by atoms with Crippen molar-refractivity contribution >= 4 is 64.7 Å². The summed E-state index contributed by atoms with van der Waals surface area (Å²) in [5.41, 5.74) is 0. The summed E-state index contributed by atoms with van der Waals surface area (Å²) >= 11 is 14.6. The summed E-state index contributed by atoms with van der Waals surface area (Å²) in [6, 6.07) is 7.29. The summed E-state index contributed by atoms with van der Waals surface area (Å²) in [5.74, 6) is 0.984. The van der Waals surface area contributed by atoms with Crippen LogP contribution < -0.4 is 9.84 Å². The van der Waals surface area contributed by atoms with Crippen molar-refractivity contribution in [3.05, 3.63) is 29.3 Å². The fourth-order valence-corrected chi connectivity index (χ4v) is 6.89. The minimum absolute atomic E-state index is 0.127. The van der Waals surface area contributed by atoms with Gasteiger partial charge in [-0.2, -0.15) is 4.08 Å². The number of halogens is 1. The summed E-state index contributed by atoms with van der Waals surface area (Å²) < 4.78 is 8.23. The minimum atomic E-state index is -2.34. The average Bonchev–Trinajstić information content (AvgIpc) is 2.64. The molecule has 0 heterocycles. The molecule has 0 aliphatic carbocycles.